The predicted octanol–water partition coefficient (Wildman–Crippen LogP) is 2.11. The topological polar surface area (TPSA) is 52.7 Å². The number of hydrogen-bond donors (Lipinski definition) is 1. The summed E-state index contributed by atoms with van der Waals surface area (Å²) in [4.78, 5) is 29.0. The number of hydrogen-bond acceptors (Lipinski definition) is 4. The molecule has 3 rings (SSSR count). The lowest BCUT2D eigenvalue weighted by Crippen LogP contribution is -2.50. The summed E-state index contributed by atoms with van der Waals surface area (Å²) in [6.45, 7) is 3.16. The van der Waals surface area contributed by atoms with Gasteiger partial charge in [-0.1, -0.05) is 18.2 Å². The highest BCUT2D eigenvalue weighted by Crippen LogP contribution is 2.16. The molecule has 1 saturated heterocycles. The normalized spacial score (nSPS) is 14.6. The van der Waals surface area contributed by atoms with Crippen LogP contribution in [0.5, 0.6) is 0 Å². The first-order valence-corrected chi connectivity index (χ1v) is 9.48. The Balaban J connectivity index is 1.63. The zero-order valence-corrected chi connectivity index (χ0v) is 15.2. The van der Waals surface area contributed by atoms with Crippen molar-refractivity contribution < 1.29 is 9.59 Å². The van der Waals surface area contributed by atoms with Crippen molar-refractivity contribution >= 4 is 23.2 Å². The van der Waals surface area contributed by atoms with Crippen LogP contribution in [-0.4, -0.2) is 61.4 Å². The summed E-state index contributed by atoms with van der Waals surface area (Å²) >= 11 is 1.53. The van der Waals surface area contributed by atoms with Crippen LogP contribution < -0.4 is 5.32 Å². The lowest BCUT2D eigenvalue weighted by atomic mass is 10.0. The number of likely N-dealkylation sites (N-methyl/N-ethyl adjacent to an activating group) is 1. The molecule has 0 spiro atoms. The van der Waals surface area contributed by atoms with E-state index in [2.05, 4.69) is 5.32 Å². The minimum Gasteiger partial charge on any atom is -0.335 e. The largest absolute Gasteiger partial charge is 0.335 e. The van der Waals surface area contributed by atoms with Gasteiger partial charge in [-0.15, -0.1) is 0 Å². The highest BCUT2D eigenvalue weighted by atomic mass is 32.1. The first-order chi connectivity index (χ1) is 12.2. The summed E-state index contributed by atoms with van der Waals surface area (Å²) in [7, 11) is 1.91. The van der Waals surface area contributed by atoms with E-state index in [1.807, 2.05) is 57.9 Å². The van der Waals surface area contributed by atoms with E-state index >= 15 is 0 Å². The molecular weight excluding hydrogens is 334 g/mol. The van der Waals surface area contributed by atoms with Crippen molar-refractivity contribution in [1.29, 1.82) is 0 Å². The van der Waals surface area contributed by atoms with Crippen LogP contribution in [-0.2, 0) is 6.42 Å². The molecule has 2 heterocycles. The zero-order valence-electron chi connectivity index (χ0n) is 14.4. The smallest absolute Gasteiger partial charge is 0.254 e. The minimum atomic E-state index is 0.0581. The Morgan fingerprint density at radius 2 is 1.72 bits per heavy atom. The summed E-state index contributed by atoms with van der Waals surface area (Å²) in [6, 6.07) is 9.64. The number of thiophene rings is 1. The van der Waals surface area contributed by atoms with Crippen LogP contribution in [0.15, 0.2) is 41.1 Å². The number of nitrogens with one attached hydrogen (secondary N) is 1. The molecule has 0 bridgehead atoms. The second kappa shape index (κ2) is 8.27. The molecule has 0 aliphatic carbocycles. The van der Waals surface area contributed by atoms with E-state index in [1.165, 1.54) is 11.3 Å². The predicted molar refractivity (Wildman–Crippen MR) is 100 cm³/mol. The molecule has 1 aliphatic rings. The zero-order chi connectivity index (χ0) is 17.6. The maximum absolute atomic E-state index is 12.9. The van der Waals surface area contributed by atoms with Crippen LogP contribution in [0.3, 0.4) is 0 Å². The van der Waals surface area contributed by atoms with Gasteiger partial charge in [0, 0.05) is 37.1 Å². The monoisotopic (exact) mass is 357 g/mol. The molecule has 1 N–H and O–H groups in total. The lowest BCUT2D eigenvalue weighted by Gasteiger charge is -2.35. The van der Waals surface area contributed by atoms with Crippen LogP contribution in [0, 0.1) is 0 Å². The minimum absolute atomic E-state index is 0.0581. The Hall–Kier alpha value is -2.18. The molecule has 25 heavy (non-hydrogen) atoms. The van der Waals surface area contributed by atoms with Crippen molar-refractivity contribution in [3.63, 3.8) is 0 Å². The van der Waals surface area contributed by atoms with Crippen molar-refractivity contribution in [2.24, 2.45) is 0 Å². The van der Waals surface area contributed by atoms with Crippen molar-refractivity contribution in [1.82, 2.24) is 15.1 Å². The second-order valence-corrected chi connectivity index (χ2v) is 6.89. The van der Waals surface area contributed by atoms with Crippen LogP contribution in [0.2, 0.25) is 0 Å². The van der Waals surface area contributed by atoms with Gasteiger partial charge < -0.3 is 15.1 Å². The molecule has 0 saturated carbocycles. The van der Waals surface area contributed by atoms with E-state index in [4.69, 9.17) is 0 Å². The van der Waals surface area contributed by atoms with Gasteiger partial charge in [0.05, 0.1) is 5.56 Å². The summed E-state index contributed by atoms with van der Waals surface area (Å²) in [5, 5.41) is 6.91. The average Bonchev–Trinajstić information content (AvgIpc) is 3.20. The third-order valence-corrected chi connectivity index (χ3v) is 5.20. The highest BCUT2D eigenvalue weighted by molar-refractivity contribution is 7.08. The SMILES string of the molecule is CNCCc1ccccc1C(=O)N1CCN(C(=O)c2ccsc2)CC1. The number of benzene rings is 1. The van der Waals surface area contributed by atoms with Crippen molar-refractivity contribution in [3.05, 3.63) is 57.8 Å². The maximum Gasteiger partial charge on any atom is 0.254 e. The molecule has 6 heteroatoms. The Kier molecular flexibility index (Phi) is 5.83. The molecule has 0 atom stereocenters. The van der Waals surface area contributed by atoms with E-state index in [0.29, 0.717) is 26.2 Å². The van der Waals surface area contributed by atoms with Gasteiger partial charge in [0.2, 0.25) is 0 Å². The summed E-state index contributed by atoms with van der Waals surface area (Å²) in [6.07, 6.45) is 0.828. The summed E-state index contributed by atoms with van der Waals surface area (Å²) in [5.41, 5.74) is 2.58. The molecule has 1 aromatic heterocycles. The van der Waals surface area contributed by atoms with E-state index in [1.54, 1.807) is 0 Å². The highest BCUT2D eigenvalue weighted by Gasteiger charge is 2.26. The van der Waals surface area contributed by atoms with Crippen molar-refractivity contribution in [2.45, 2.75) is 6.42 Å². The Labute approximate surface area is 152 Å². The van der Waals surface area contributed by atoms with Gasteiger partial charge in [-0.05, 0) is 43.1 Å². The molecule has 0 radical (unpaired) electrons. The fourth-order valence-electron chi connectivity index (χ4n) is 3.06. The Morgan fingerprint density at radius 1 is 1.04 bits per heavy atom. The third kappa shape index (κ3) is 4.08. The van der Waals surface area contributed by atoms with Crippen molar-refractivity contribution in [3.8, 4) is 0 Å². The molecule has 0 unspecified atom stereocenters. The van der Waals surface area contributed by atoms with E-state index < -0.39 is 0 Å². The molecule has 132 valence electrons. The first-order valence-electron chi connectivity index (χ1n) is 8.54. The molecule has 5 nitrogen and oxygen atoms in total. The van der Waals surface area contributed by atoms with E-state index in [-0.39, 0.29) is 11.8 Å². The number of amides is 2. The molecule has 1 fully saturated rings. The van der Waals surface area contributed by atoms with Crippen LogP contribution in [0.4, 0.5) is 0 Å². The fraction of sp³-hybridized carbons (Fsp3) is 0.368. The molecule has 2 aromatic rings. The molecule has 1 aliphatic heterocycles. The Bertz CT molecular complexity index is 722. The number of carbonyl (C=O) groups is 2. The standard InChI is InChI=1S/C19H23N3O2S/c1-20-8-6-15-4-2-3-5-17(15)19(24)22-11-9-21(10-12-22)18(23)16-7-13-25-14-16/h2-5,7,13-14,20H,6,8-12H2,1H3. The summed E-state index contributed by atoms with van der Waals surface area (Å²) in [5.74, 6) is 0.122. The fourth-order valence-corrected chi connectivity index (χ4v) is 3.69. The van der Waals surface area contributed by atoms with Gasteiger partial charge >= 0.3 is 0 Å². The van der Waals surface area contributed by atoms with E-state index in [0.717, 1.165) is 29.7 Å². The second-order valence-electron chi connectivity index (χ2n) is 6.11. The average molecular weight is 357 g/mol. The van der Waals surface area contributed by atoms with Crippen molar-refractivity contribution in [2.75, 3.05) is 39.8 Å². The maximum atomic E-state index is 12.9. The molecule has 2 amide bonds. The number of piperazine rings is 1. The van der Waals surface area contributed by atoms with Gasteiger partial charge in [-0.25, -0.2) is 0 Å². The van der Waals surface area contributed by atoms with Gasteiger partial charge in [0.1, 0.15) is 0 Å². The van der Waals surface area contributed by atoms with Crippen LogP contribution in [0.1, 0.15) is 26.3 Å². The van der Waals surface area contributed by atoms with Gasteiger partial charge in [0.15, 0.2) is 0 Å². The molecular formula is C19H23N3O2S. The van der Waals surface area contributed by atoms with Gasteiger partial charge in [-0.3, -0.25) is 9.59 Å². The third-order valence-electron chi connectivity index (χ3n) is 4.51. The number of nitrogens with zero attached hydrogens (tertiary/aromatic N) is 2. The van der Waals surface area contributed by atoms with Gasteiger partial charge in [0.25, 0.3) is 11.8 Å². The van der Waals surface area contributed by atoms with E-state index in [9.17, 15) is 9.59 Å². The Morgan fingerprint density at radius 3 is 2.36 bits per heavy atom. The quantitative estimate of drug-likeness (QED) is 0.892. The lowest BCUT2D eigenvalue weighted by molar-refractivity contribution is 0.0535. The first kappa shape index (κ1) is 17.6. The van der Waals surface area contributed by atoms with Crippen LogP contribution >= 0.6 is 11.3 Å². The molecule has 1 aromatic carbocycles. The van der Waals surface area contributed by atoms with Crippen LogP contribution in [0.25, 0.3) is 0 Å². The van der Waals surface area contributed by atoms with Gasteiger partial charge in [-0.2, -0.15) is 11.3 Å². The number of carbonyl (C=O) groups excluding carboxylic acids is 2. The number of rotatable bonds is 5. The summed E-state index contributed by atoms with van der Waals surface area (Å²) < 4.78 is 0.